The minimum atomic E-state index is 0.218. The van der Waals surface area contributed by atoms with Crippen LogP contribution in [0.25, 0.3) is 0 Å². The molecule has 2 fully saturated rings. The molecule has 1 amide bonds. The lowest BCUT2D eigenvalue weighted by Gasteiger charge is -2.39. The lowest BCUT2D eigenvalue weighted by atomic mass is 10.0. The summed E-state index contributed by atoms with van der Waals surface area (Å²) in [6.07, 6.45) is 2.39. The first-order valence-corrected chi connectivity index (χ1v) is 9.82. The highest BCUT2D eigenvalue weighted by atomic mass is 16.2. The van der Waals surface area contributed by atoms with Gasteiger partial charge < -0.3 is 4.90 Å². The van der Waals surface area contributed by atoms with E-state index in [4.69, 9.17) is 0 Å². The molecule has 0 aliphatic carbocycles. The Morgan fingerprint density at radius 2 is 1.80 bits per heavy atom. The van der Waals surface area contributed by atoms with Gasteiger partial charge in [-0.2, -0.15) is 0 Å². The van der Waals surface area contributed by atoms with Crippen LogP contribution in [0.15, 0.2) is 30.3 Å². The topological polar surface area (TPSA) is 26.8 Å². The predicted octanol–water partition coefficient (Wildman–Crippen LogP) is 2.49. The van der Waals surface area contributed by atoms with Gasteiger partial charge in [-0.05, 0) is 31.2 Å². The zero-order valence-corrected chi connectivity index (χ0v) is 16.0. The fourth-order valence-electron chi connectivity index (χ4n) is 4.39. The van der Waals surface area contributed by atoms with Crippen molar-refractivity contribution in [3.8, 4) is 0 Å². The van der Waals surface area contributed by atoms with Crippen LogP contribution in [0.2, 0.25) is 0 Å². The summed E-state index contributed by atoms with van der Waals surface area (Å²) in [4.78, 5) is 18.8. The number of carbonyl (C=O) groups is 1. The van der Waals surface area contributed by atoms with E-state index in [2.05, 4.69) is 54.0 Å². The van der Waals surface area contributed by atoms with Gasteiger partial charge in [0.1, 0.15) is 0 Å². The fraction of sp³-hybridized carbons (Fsp3) is 0.667. The van der Waals surface area contributed by atoms with E-state index in [-0.39, 0.29) is 5.91 Å². The second-order valence-electron chi connectivity index (χ2n) is 7.91. The zero-order chi connectivity index (χ0) is 17.8. The minimum absolute atomic E-state index is 0.218. The average molecular weight is 344 g/mol. The molecule has 4 heteroatoms. The van der Waals surface area contributed by atoms with Gasteiger partial charge in [0.15, 0.2) is 0 Å². The van der Waals surface area contributed by atoms with Crippen LogP contribution in [0, 0.1) is 5.92 Å². The van der Waals surface area contributed by atoms with Crippen molar-refractivity contribution >= 4 is 5.91 Å². The molecule has 2 heterocycles. The van der Waals surface area contributed by atoms with Crippen LogP contribution < -0.4 is 0 Å². The molecule has 0 saturated carbocycles. The Morgan fingerprint density at radius 3 is 2.44 bits per heavy atom. The molecule has 0 aromatic heterocycles. The Balaban J connectivity index is 1.48. The highest BCUT2D eigenvalue weighted by molar-refractivity contribution is 5.73. The second-order valence-corrected chi connectivity index (χ2v) is 7.91. The molecule has 25 heavy (non-hydrogen) atoms. The molecule has 0 N–H and O–H groups in total. The SMILES string of the molecule is CC(=O)N1CCN([C@@H]2CN([C@@H](C)CCc3ccccc3)C[C@@H]2C)CC1. The first kappa shape index (κ1) is 18.4. The quantitative estimate of drug-likeness (QED) is 0.822. The standard InChI is InChI=1S/C21H33N3O/c1-17-15-24(18(2)9-10-20-7-5-4-6-8-20)16-21(17)23-13-11-22(12-14-23)19(3)25/h4-8,17-18,21H,9-16H2,1-3H3/t17-,18-,21+/m0/s1. The number of likely N-dealkylation sites (tertiary alicyclic amines) is 1. The summed E-state index contributed by atoms with van der Waals surface area (Å²) in [5, 5.41) is 0. The summed E-state index contributed by atoms with van der Waals surface area (Å²) in [6.45, 7) is 12.7. The van der Waals surface area contributed by atoms with E-state index >= 15 is 0 Å². The van der Waals surface area contributed by atoms with Crippen LogP contribution in [0.4, 0.5) is 0 Å². The van der Waals surface area contributed by atoms with E-state index in [9.17, 15) is 4.79 Å². The average Bonchev–Trinajstić information content (AvgIpc) is 3.02. The van der Waals surface area contributed by atoms with Crippen molar-refractivity contribution in [1.29, 1.82) is 0 Å². The van der Waals surface area contributed by atoms with Gasteiger partial charge in [0.05, 0.1) is 0 Å². The van der Waals surface area contributed by atoms with Crippen LogP contribution in [-0.4, -0.2) is 72.0 Å². The lowest BCUT2D eigenvalue weighted by molar-refractivity contribution is -0.130. The lowest BCUT2D eigenvalue weighted by Crippen LogP contribution is -2.53. The first-order valence-electron chi connectivity index (χ1n) is 9.82. The van der Waals surface area contributed by atoms with E-state index in [1.807, 2.05) is 4.90 Å². The number of hydrogen-bond donors (Lipinski definition) is 0. The molecule has 0 bridgehead atoms. The monoisotopic (exact) mass is 343 g/mol. The van der Waals surface area contributed by atoms with Crippen LogP contribution >= 0.6 is 0 Å². The van der Waals surface area contributed by atoms with Crippen LogP contribution in [-0.2, 0) is 11.2 Å². The van der Waals surface area contributed by atoms with Crippen molar-refractivity contribution in [3.05, 3.63) is 35.9 Å². The molecule has 2 aliphatic rings. The number of carbonyl (C=O) groups excluding carboxylic acids is 1. The van der Waals surface area contributed by atoms with Crippen molar-refractivity contribution < 1.29 is 4.79 Å². The highest BCUT2D eigenvalue weighted by Crippen LogP contribution is 2.26. The van der Waals surface area contributed by atoms with Crippen LogP contribution in [0.1, 0.15) is 32.8 Å². The first-order chi connectivity index (χ1) is 12.0. The van der Waals surface area contributed by atoms with Gasteiger partial charge >= 0.3 is 0 Å². The van der Waals surface area contributed by atoms with E-state index in [0.29, 0.717) is 18.0 Å². The van der Waals surface area contributed by atoms with Gasteiger partial charge in [0, 0.05) is 58.3 Å². The number of benzene rings is 1. The molecule has 0 spiro atoms. The molecule has 138 valence electrons. The van der Waals surface area contributed by atoms with Crippen molar-refractivity contribution in [2.75, 3.05) is 39.3 Å². The Morgan fingerprint density at radius 1 is 1.12 bits per heavy atom. The summed E-state index contributed by atoms with van der Waals surface area (Å²) >= 11 is 0. The van der Waals surface area contributed by atoms with Gasteiger partial charge in [-0.25, -0.2) is 0 Å². The van der Waals surface area contributed by atoms with E-state index in [1.165, 1.54) is 25.1 Å². The largest absolute Gasteiger partial charge is 0.340 e. The zero-order valence-electron chi connectivity index (χ0n) is 16.0. The van der Waals surface area contributed by atoms with Crippen molar-refractivity contribution in [1.82, 2.24) is 14.7 Å². The van der Waals surface area contributed by atoms with E-state index < -0.39 is 0 Å². The molecule has 3 atom stereocenters. The summed E-state index contributed by atoms with van der Waals surface area (Å²) in [5.74, 6) is 0.929. The number of nitrogens with zero attached hydrogens (tertiary/aromatic N) is 3. The Bertz CT molecular complexity index is 554. The van der Waals surface area contributed by atoms with Crippen molar-refractivity contribution in [2.24, 2.45) is 5.92 Å². The van der Waals surface area contributed by atoms with Crippen LogP contribution in [0.5, 0.6) is 0 Å². The van der Waals surface area contributed by atoms with Gasteiger partial charge in [-0.3, -0.25) is 14.6 Å². The molecular formula is C21H33N3O. The second kappa shape index (κ2) is 8.33. The van der Waals surface area contributed by atoms with Gasteiger partial charge in [0.2, 0.25) is 5.91 Å². The molecular weight excluding hydrogens is 310 g/mol. The maximum absolute atomic E-state index is 11.5. The third-order valence-electron chi connectivity index (χ3n) is 6.15. The van der Waals surface area contributed by atoms with Gasteiger partial charge in [-0.1, -0.05) is 37.3 Å². The maximum Gasteiger partial charge on any atom is 0.219 e. The Labute approximate surface area is 152 Å². The Hall–Kier alpha value is -1.39. The van der Waals surface area contributed by atoms with Gasteiger partial charge in [-0.15, -0.1) is 0 Å². The number of piperazine rings is 1. The third-order valence-corrected chi connectivity index (χ3v) is 6.15. The number of rotatable bonds is 5. The highest BCUT2D eigenvalue weighted by Gasteiger charge is 2.36. The molecule has 0 radical (unpaired) electrons. The summed E-state index contributed by atoms with van der Waals surface area (Å²) in [5.41, 5.74) is 1.44. The van der Waals surface area contributed by atoms with Crippen LogP contribution in [0.3, 0.4) is 0 Å². The number of hydrogen-bond acceptors (Lipinski definition) is 3. The molecule has 1 aromatic rings. The molecule has 3 rings (SSSR count). The summed E-state index contributed by atoms with van der Waals surface area (Å²) in [6, 6.07) is 12.1. The van der Waals surface area contributed by atoms with E-state index in [0.717, 1.165) is 32.6 Å². The molecule has 2 saturated heterocycles. The molecule has 1 aromatic carbocycles. The van der Waals surface area contributed by atoms with Gasteiger partial charge in [0.25, 0.3) is 0 Å². The number of aryl methyl sites for hydroxylation is 1. The molecule has 0 unspecified atom stereocenters. The summed E-state index contributed by atoms with van der Waals surface area (Å²) in [7, 11) is 0. The minimum Gasteiger partial charge on any atom is -0.340 e. The van der Waals surface area contributed by atoms with E-state index in [1.54, 1.807) is 6.92 Å². The normalized spacial score (nSPS) is 26.8. The van der Waals surface area contributed by atoms with Crippen molar-refractivity contribution in [3.63, 3.8) is 0 Å². The molecule has 4 nitrogen and oxygen atoms in total. The summed E-state index contributed by atoms with van der Waals surface area (Å²) < 4.78 is 0. The maximum atomic E-state index is 11.5. The number of amides is 1. The predicted molar refractivity (Wildman–Crippen MR) is 103 cm³/mol. The molecule has 2 aliphatic heterocycles. The fourth-order valence-corrected chi connectivity index (χ4v) is 4.39. The van der Waals surface area contributed by atoms with Crippen molar-refractivity contribution in [2.45, 2.75) is 45.7 Å². The Kier molecular flexibility index (Phi) is 6.13. The third kappa shape index (κ3) is 4.62. The smallest absolute Gasteiger partial charge is 0.219 e.